The molecule has 0 fully saturated rings. The predicted molar refractivity (Wildman–Crippen MR) is 132 cm³/mol. The van der Waals surface area contributed by atoms with E-state index in [-0.39, 0.29) is 18.8 Å². The van der Waals surface area contributed by atoms with E-state index in [9.17, 15) is 23.5 Å². The maximum Gasteiger partial charge on any atom is 0.326 e. The lowest BCUT2D eigenvalue weighted by Gasteiger charge is -2.24. The summed E-state index contributed by atoms with van der Waals surface area (Å²) in [5, 5.41) is 15.2. The van der Waals surface area contributed by atoms with Gasteiger partial charge in [-0.3, -0.25) is 9.69 Å². The first-order valence-electron chi connectivity index (χ1n) is 12.3. The molecule has 2 aromatic rings. The molecule has 0 saturated carbocycles. The summed E-state index contributed by atoms with van der Waals surface area (Å²) in [6.07, 6.45) is 4.95. The Balaban J connectivity index is 1.51. The number of aliphatic carboxylic acids is 1. The largest absolute Gasteiger partial charge is 0.492 e. The Morgan fingerprint density at radius 2 is 1.94 bits per heavy atom. The van der Waals surface area contributed by atoms with Crippen LogP contribution in [0.15, 0.2) is 30.3 Å². The summed E-state index contributed by atoms with van der Waals surface area (Å²) >= 11 is 0. The third-order valence-electron chi connectivity index (χ3n) is 6.03. The van der Waals surface area contributed by atoms with Crippen molar-refractivity contribution in [3.8, 4) is 5.75 Å². The highest BCUT2D eigenvalue weighted by Crippen LogP contribution is 2.20. The van der Waals surface area contributed by atoms with E-state index in [1.165, 1.54) is 12.5 Å². The monoisotopic (exact) mass is 504 g/mol. The summed E-state index contributed by atoms with van der Waals surface area (Å²) in [5.74, 6) is -1.86. The van der Waals surface area contributed by atoms with Crippen LogP contribution in [-0.4, -0.2) is 65.7 Å². The Hall–Kier alpha value is -3.27. The Kier molecular flexibility index (Phi) is 10.4. The Bertz CT molecular complexity index is 1020. The molecule has 0 bridgehead atoms. The quantitative estimate of drug-likeness (QED) is 0.339. The van der Waals surface area contributed by atoms with Crippen molar-refractivity contribution in [1.29, 1.82) is 0 Å². The second kappa shape index (κ2) is 13.7. The molecule has 0 saturated heterocycles. The number of hydrogen-bond acceptors (Lipinski definition) is 6. The standard InChI is InChI=1S/C26H34F2N4O4/c1-18(33)30-24(26(34)35)9-12-32(13-14-36-23-16-20(27)15-21(28)17-23)11-3-2-6-22-8-7-19-5-4-10-29-25(19)31-22/h7-8,15-17,24H,2-6,9-14H2,1H3,(H,29,31)(H,30,33)(H,34,35). The van der Waals surface area contributed by atoms with Crippen LogP contribution in [0, 0.1) is 11.6 Å². The minimum Gasteiger partial charge on any atom is -0.492 e. The van der Waals surface area contributed by atoms with Crippen LogP contribution < -0.4 is 15.4 Å². The minimum absolute atomic E-state index is 0.0983. The third kappa shape index (κ3) is 9.07. The van der Waals surface area contributed by atoms with E-state index in [1.54, 1.807) is 0 Å². The van der Waals surface area contributed by atoms with Crippen LogP contribution in [0.25, 0.3) is 0 Å². The highest BCUT2D eigenvalue weighted by Gasteiger charge is 2.19. The maximum absolute atomic E-state index is 13.4. The number of fused-ring (bicyclic) bond motifs is 1. The number of anilines is 1. The fourth-order valence-corrected chi connectivity index (χ4v) is 4.20. The average Bonchev–Trinajstić information content (AvgIpc) is 2.82. The second-order valence-electron chi connectivity index (χ2n) is 8.97. The van der Waals surface area contributed by atoms with Crippen molar-refractivity contribution in [2.24, 2.45) is 0 Å². The summed E-state index contributed by atoms with van der Waals surface area (Å²) in [6, 6.07) is 6.23. The molecule has 196 valence electrons. The molecule has 1 unspecified atom stereocenters. The number of aryl methyl sites for hydroxylation is 2. The molecule has 8 nitrogen and oxygen atoms in total. The maximum atomic E-state index is 13.4. The number of amides is 1. The SMILES string of the molecule is CC(=O)NC(CCN(CCCCc1ccc2c(n1)NCCC2)CCOc1cc(F)cc(F)c1)C(=O)O. The van der Waals surface area contributed by atoms with Crippen LogP contribution in [0.2, 0.25) is 0 Å². The van der Waals surface area contributed by atoms with Crippen molar-refractivity contribution in [2.45, 2.75) is 51.5 Å². The highest BCUT2D eigenvalue weighted by atomic mass is 19.1. The molecule has 1 aromatic heterocycles. The topological polar surface area (TPSA) is 104 Å². The first-order valence-corrected chi connectivity index (χ1v) is 12.3. The summed E-state index contributed by atoms with van der Waals surface area (Å²) < 4.78 is 32.3. The molecule has 1 aliphatic heterocycles. The fourth-order valence-electron chi connectivity index (χ4n) is 4.20. The number of nitrogens with zero attached hydrogens (tertiary/aromatic N) is 2. The number of unbranched alkanes of at least 4 members (excludes halogenated alkanes) is 1. The number of ether oxygens (including phenoxy) is 1. The number of pyridine rings is 1. The lowest BCUT2D eigenvalue weighted by Crippen LogP contribution is -2.42. The number of carboxylic acids is 1. The van der Waals surface area contributed by atoms with Crippen molar-refractivity contribution in [3.63, 3.8) is 0 Å². The summed E-state index contributed by atoms with van der Waals surface area (Å²) in [4.78, 5) is 29.6. The van der Waals surface area contributed by atoms with Gasteiger partial charge in [-0.1, -0.05) is 6.07 Å². The van der Waals surface area contributed by atoms with Gasteiger partial charge in [0.1, 0.15) is 35.9 Å². The lowest BCUT2D eigenvalue weighted by atomic mass is 10.1. The molecule has 1 aromatic carbocycles. The number of aromatic nitrogens is 1. The molecule has 10 heteroatoms. The van der Waals surface area contributed by atoms with Crippen molar-refractivity contribution in [3.05, 3.63) is 53.2 Å². The van der Waals surface area contributed by atoms with Gasteiger partial charge in [-0.25, -0.2) is 18.6 Å². The van der Waals surface area contributed by atoms with Gasteiger partial charge >= 0.3 is 5.97 Å². The molecule has 1 aliphatic rings. The molecule has 1 amide bonds. The zero-order valence-corrected chi connectivity index (χ0v) is 20.6. The van der Waals surface area contributed by atoms with E-state index in [0.29, 0.717) is 19.6 Å². The normalized spacial score (nSPS) is 13.6. The summed E-state index contributed by atoms with van der Waals surface area (Å²) in [5.41, 5.74) is 2.28. The number of halogens is 2. The van der Waals surface area contributed by atoms with Crippen molar-refractivity contribution in [1.82, 2.24) is 15.2 Å². The molecule has 0 radical (unpaired) electrons. The van der Waals surface area contributed by atoms with Gasteiger partial charge in [0.05, 0.1) is 0 Å². The van der Waals surface area contributed by atoms with Crippen LogP contribution in [0.5, 0.6) is 5.75 Å². The fraction of sp³-hybridized carbons (Fsp3) is 0.500. The molecule has 0 spiro atoms. The van der Waals surface area contributed by atoms with Crippen LogP contribution in [-0.2, 0) is 22.4 Å². The molecule has 2 heterocycles. The van der Waals surface area contributed by atoms with Crippen LogP contribution in [0.4, 0.5) is 14.6 Å². The second-order valence-corrected chi connectivity index (χ2v) is 8.97. The van der Waals surface area contributed by atoms with Gasteiger partial charge in [-0.05, 0) is 56.7 Å². The Morgan fingerprint density at radius 3 is 2.67 bits per heavy atom. The molecular formula is C26H34F2N4O4. The molecule has 0 aliphatic carbocycles. The van der Waals surface area contributed by atoms with Gasteiger partial charge < -0.3 is 20.5 Å². The Morgan fingerprint density at radius 1 is 1.17 bits per heavy atom. The van der Waals surface area contributed by atoms with Gasteiger partial charge in [-0.2, -0.15) is 0 Å². The van der Waals surface area contributed by atoms with Gasteiger partial charge in [0.15, 0.2) is 0 Å². The zero-order valence-electron chi connectivity index (χ0n) is 20.6. The molecule has 1 atom stereocenters. The highest BCUT2D eigenvalue weighted by molar-refractivity contribution is 5.82. The Labute approximate surface area is 210 Å². The van der Waals surface area contributed by atoms with Gasteiger partial charge in [0, 0.05) is 50.5 Å². The van der Waals surface area contributed by atoms with E-state index in [2.05, 4.69) is 22.8 Å². The number of benzene rings is 1. The van der Waals surface area contributed by atoms with E-state index in [0.717, 1.165) is 68.4 Å². The smallest absolute Gasteiger partial charge is 0.326 e. The van der Waals surface area contributed by atoms with Crippen molar-refractivity contribution >= 4 is 17.7 Å². The van der Waals surface area contributed by atoms with Gasteiger partial charge in [0.2, 0.25) is 5.91 Å². The van der Waals surface area contributed by atoms with Gasteiger partial charge in [0.25, 0.3) is 0 Å². The van der Waals surface area contributed by atoms with E-state index < -0.39 is 29.6 Å². The van der Waals surface area contributed by atoms with E-state index in [4.69, 9.17) is 9.72 Å². The van der Waals surface area contributed by atoms with Crippen LogP contribution >= 0.6 is 0 Å². The summed E-state index contributed by atoms with van der Waals surface area (Å²) in [7, 11) is 0. The first-order chi connectivity index (χ1) is 17.3. The number of carboxylic acid groups (broad SMARTS) is 1. The zero-order chi connectivity index (χ0) is 25.9. The van der Waals surface area contributed by atoms with Gasteiger partial charge in [-0.15, -0.1) is 0 Å². The van der Waals surface area contributed by atoms with E-state index >= 15 is 0 Å². The van der Waals surface area contributed by atoms with E-state index in [1.807, 2.05) is 4.90 Å². The molecule has 36 heavy (non-hydrogen) atoms. The first kappa shape index (κ1) is 27.3. The minimum atomic E-state index is -1.09. The molecular weight excluding hydrogens is 470 g/mol. The van der Waals surface area contributed by atoms with Crippen LogP contribution in [0.1, 0.15) is 43.9 Å². The number of carbonyl (C=O) groups excluding carboxylic acids is 1. The number of hydrogen-bond donors (Lipinski definition) is 3. The lowest BCUT2D eigenvalue weighted by molar-refractivity contribution is -0.141. The van der Waals surface area contributed by atoms with Crippen molar-refractivity contribution in [2.75, 3.05) is 38.1 Å². The summed E-state index contributed by atoms with van der Waals surface area (Å²) in [6.45, 7) is 3.93. The average molecular weight is 505 g/mol. The number of carbonyl (C=O) groups is 2. The van der Waals surface area contributed by atoms with Crippen molar-refractivity contribution < 1.29 is 28.2 Å². The number of nitrogens with one attached hydrogen (secondary N) is 2. The molecule has 3 N–H and O–H groups in total. The predicted octanol–water partition coefficient (Wildman–Crippen LogP) is 3.40. The number of rotatable bonds is 14. The third-order valence-corrected chi connectivity index (χ3v) is 6.03. The molecule has 3 rings (SSSR count). The van der Waals surface area contributed by atoms with Crippen LogP contribution in [0.3, 0.4) is 0 Å².